The Hall–Kier alpha value is -2.84. The molecule has 2 rings (SSSR count). The number of carbonyl (C=O) groups excluding carboxylic acids is 1. The fourth-order valence-electron chi connectivity index (χ4n) is 2.27. The monoisotopic (exact) mass is 310 g/mol. The Labute approximate surface area is 135 Å². The van der Waals surface area contributed by atoms with Crippen molar-refractivity contribution in [3.05, 3.63) is 65.2 Å². The van der Waals surface area contributed by atoms with E-state index in [0.29, 0.717) is 23.4 Å². The molecular formula is C18H18N2O3. The van der Waals surface area contributed by atoms with E-state index < -0.39 is 0 Å². The summed E-state index contributed by atoms with van der Waals surface area (Å²) in [5, 5.41) is 11.7. The average Bonchev–Trinajstić information content (AvgIpc) is 2.62. The number of nitrogens with zero attached hydrogens (tertiary/aromatic N) is 1. The van der Waals surface area contributed by atoms with E-state index in [4.69, 9.17) is 14.7 Å². The van der Waals surface area contributed by atoms with E-state index in [1.165, 1.54) is 0 Å². The summed E-state index contributed by atoms with van der Waals surface area (Å²) in [4.78, 5) is 12.2. The van der Waals surface area contributed by atoms with Gasteiger partial charge < -0.3 is 14.8 Å². The van der Waals surface area contributed by atoms with Crippen molar-refractivity contribution in [2.45, 2.75) is 6.10 Å². The first kappa shape index (κ1) is 16.5. The molecule has 0 saturated heterocycles. The lowest BCUT2D eigenvalue weighted by atomic mass is 10.1. The van der Waals surface area contributed by atoms with Gasteiger partial charge in [-0.25, -0.2) is 0 Å². The van der Waals surface area contributed by atoms with Crippen molar-refractivity contribution in [3.63, 3.8) is 0 Å². The van der Waals surface area contributed by atoms with Gasteiger partial charge in [-0.3, -0.25) is 4.79 Å². The van der Waals surface area contributed by atoms with E-state index in [-0.39, 0.29) is 12.0 Å². The molecule has 0 fully saturated rings. The smallest absolute Gasteiger partial charge is 0.251 e. The normalized spacial score (nSPS) is 11.3. The van der Waals surface area contributed by atoms with Crippen LogP contribution in [0.25, 0.3) is 0 Å². The second-order valence-corrected chi connectivity index (χ2v) is 4.87. The Morgan fingerprint density at radius 1 is 1.22 bits per heavy atom. The van der Waals surface area contributed by atoms with Crippen LogP contribution in [-0.2, 0) is 4.74 Å². The van der Waals surface area contributed by atoms with Crippen molar-refractivity contribution in [1.29, 1.82) is 5.26 Å². The molecule has 1 atom stereocenters. The van der Waals surface area contributed by atoms with Crippen molar-refractivity contribution < 1.29 is 14.3 Å². The molecule has 2 aromatic carbocycles. The lowest BCUT2D eigenvalue weighted by Crippen LogP contribution is -2.29. The Morgan fingerprint density at radius 3 is 2.70 bits per heavy atom. The average molecular weight is 310 g/mol. The van der Waals surface area contributed by atoms with Gasteiger partial charge in [0, 0.05) is 24.8 Å². The third-order valence-corrected chi connectivity index (χ3v) is 3.47. The molecular weight excluding hydrogens is 292 g/mol. The first-order valence-corrected chi connectivity index (χ1v) is 7.13. The first-order valence-electron chi connectivity index (χ1n) is 7.13. The molecule has 0 spiro atoms. The highest BCUT2D eigenvalue weighted by Crippen LogP contribution is 2.26. The molecule has 23 heavy (non-hydrogen) atoms. The number of para-hydroxylation sites is 1. The predicted octanol–water partition coefficient (Wildman–Crippen LogP) is 2.68. The maximum atomic E-state index is 12.2. The van der Waals surface area contributed by atoms with Crippen LogP contribution in [0.2, 0.25) is 0 Å². The van der Waals surface area contributed by atoms with Gasteiger partial charge in [0.25, 0.3) is 5.91 Å². The molecule has 0 aliphatic heterocycles. The second-order valence-electron chi connectivity index (χ2n) is 4.87. The Morgan fingerprint density at radius 2 is 2.00 bits per heavy atom. The first-order chi connectivity index (χ1) is 11.2. The standard InChI is InChI=1S/C18H18N2O3/c1-22-16-9-4-3-8-15(16)17(23-2)12-20-18(21)14-7-5-6-13(10-14)11-19/h3-10,17H,12H2,1-2H3,(H,20,21)/t17-/m0/s1. The second kappa shape index (κ2) is 7.97. The van der Waals surface area contributed by atoms with Crippen LogP contribution in [0, 0.1) is 11.3 Å². The van der Waals surface area contributed by atoms with Crippen molar-refractivity contribution >= 4 is 5.91 Å². The van der Waals surface area contributed by atoms with E-state index in [1.54, 1.807) is 38.5 Å². The zero-order valence-electron chi connectivity index (χ0n) is 13.1. The van der Waals surface area contributed by atoms with Gasteiger partial charge >= 0.3 is 0 Å². The number of nitrogens with one attached hydrogen (secondary N) is 1. The number of benzene rings is 2. The van der Waals surface area contributed by atoms with Gasteiger partial charge in [0.05, 0.1) is 18.7 Å². The molecule has 118 valence electrons. The van der Waals surface area contributed by atoms with Crippen LogP contribution >= 0.6 is 0 Å². The van der Waals surface area contributed by atoms with Gasteiger partial charge in [0.2, 0.25) is 0 Å². The molecule has 5 heteroatoms. The number of methoxy groups -OCH3 is 2. The molecule has 0 radical (unpaired) electrons. The summed E-state index contributed by atoms with van der Waals surface area (Å²) < 4.78 is 10.8. The Bertz CT molecular complexity index is 722. The van der Waals surface area contributed by atoms with Crippen molar-refractivity contribution in [1.82, 2.24) is 5.32 Å². The largest absolute Gasteiger partial charge is 0.496 e. The fourth-order valence-corrected chi connectivity index (χ4v) is 2.27. The van der Waals surface area contributed by atoms with Crippen LogP contribution in [-0.4, -0.2) is 26.7 Å². The van der Waals surface area contributed by atoms with Crippen LogP contribution < -0.4 is 10.1 Å². The van der Waals surface area contributed by atoms with Gasteiger partial charge in [-0.1, -0.05) is 24.3 Å². The predicted molar refractivity (Wildman–Crippen MR) is 86.2 cm³/mol. The number of carbonyl (C=O) groups is 1. The molecule has 0 heterocycles. The molecule has 0 aliphatic rings. The topological polar surface area (TPSA) is 71.3 Å². The van der Waals surface area contributed by atoms with E-state index in [0.717, 1.165) is 5.56 Å². The minimum Gasteiger partial charge on any atom is -0.496 e. The highest BCUT2D eigenvalue weighted by Gasteiger charge is 2.16. The van der Waals surface area contributed by atoms with Crippen LogP contribution in [0.5, 0.6) is 5.75 Å². The van der Waals surface area contributed by atoms with E-state index in [2.05, 4.69) is 5.32 Å². The van der Waals surface area contributed by atoms with Crippen LogP contribution in [0.3, 0.4) is 0 Å². The van der Waals surface area contributed by atoms with Gasteiger partial charge in [0.15, 0.2) is 0 Å². The minimum absolute atomic E-state index is 0.251. The molecule has 1 N–H and O–H groups in total. The quantitative estimate of drug-likeness (QED) is 0.890. The van der Waals surface area contributed by atoms with Gasteiger partial charge in [-0.2, -0.15) is 5.26 Å². The Balaban J connectivity index is 2.08. The van der Waals surface area contributed by atoms with Crippen molar-refractivity contribution in [2.75, 3.05) is 20.8 Å². The van der Waals surface area contributed by atoms with E-state index >= 15 is 0 Å². The molecule has 0 bridgehead atoms. The molecule has 5 nitrogen and oxygen atoms in total. The lowest BCUT2D eigenvalue weighted by Gasteiger charge is -2.19. The van der Waals surface area contributed by atoms with Crippen LogP contribution in [0.15, 0.2) is 48.5 Å². The van der Waals surface area contributed by atoms with Gasteiger partial charge in [0.1, 0.15) is 11.9 Å². The van der Waals surface area contributed by atoms with E-state index in [9.17, 15) is 4.79 Å². The number of amides is 1. The zero-order valence-corrected chi connectivity index (χ0v) is 13.1. The van der Waals surface area contributed by atoms with Gasteiger partial charge in [-0.05, 0) is 24.3 Å². The van der Waals surface area contributed by atoms with Crippen molar-refractivity contribution in [2.24, 2.45) is 0 Å². The van der Waals surface area contributed by atoms with Crippen molar-refractivity contribution in [3.8, 4) is 11.8 Å². The van der Waals surface area contributed by atoms with Crippen LogP contribution in [0.4, 0.5) is 0 Å². The number of hydrogen-bond donors (Lipinski definition) is 1. The molecule has 0 saturated carbocycles. The third-order valence-electron chi connectivity index (χ3n) is 3.47. The lowest BCUT2D eigenvalue weighted by molar-refractivity contribution is 0.0819. The summed E-state index contributed by atoms with van der Waals surface area (Å²) in [6.45, 7) is 0.298. The fraction of sp³-hybridized carbons (Fsp3) is 0.222. The highest BCUT2D eigenvalue weighted by molar-refractivity contribution is 5.94. The molecule has 0 aromatic heterocycles. The highest BCUT2D eigenvalue weighted by atomic mass is 16.5. The third kappa shape index (κ3) is 4.09. The molecule has 1 amide bonds. The summed E-state index contributed by atoms with van der Waals surface area (Å²) >= 11 is 0. The number of hydrogen-bond acceptors (Lipinski definition) is 4. The maximum Gasteiger partial charge on any atom is 0.251 e. The maximum absolute atomic E-state index is 12.2. The summed E-state index contributed by atoms with van der Waals surface area (Å²) in [6, 6.07) is 16.1. The minimum atomic E-state index is -0.325. The summed E-state index contributed by atoms with van der Waals surface area (Å²) in [5.41, 5.74) is 1.76. The molecule has 0 aliphatic carbocycles. The number of ether oxygens (including phenoxy) is 2. The number of rotatable bonds is 6. The number of nitriles is 1. The van der Waals surface area contributed by atoms with E-state index in [1.807, 2.05) is 30.3 Å². The SMILES string of the molecule is COc1ccccc1[C@H](CNC(=O)c1cccc(C#N)c1)OC. The molecule has 2 aromatic rings. The zero-order chi connectivity index (χ0) is 16.7. The summed E-state index contributed by atoms with van der Waals surface area (Å²) in [5.74, 6) is 0.458. The Kier molecular flexibility index (Phi) is 5.73. The van der Waals surface area contributed by atoms with Gasteiger partial charge in [-0.15, -0.1) is 0 Å². The summed E-state index contributed by atoms with van der Waals surface area (Å²) in [7, 11) is 3.18. The van der Waals surface area contributed by atoms with Crippen LogP contribution in [0.1, 0.15) is 27.6 Å². The summed E-state index contributed by atoms with van der Waals surface area (Å²) in [6.07, 6.45) is -0.325. The molecule has 0 unspecified atom stereocenters.